The van der Waals surface area contributed by atoms with Gasteiger partial charge in [0, 0.05) is 13.1 Å². The number of fused-ring (bicyclic) bond motifs is 1. The molecule has 10 nitrogen and oxygen atoms in total. The molecule has 4 rings (SSSR count). The van der Waals surface area contributed by atoms with Crippen molar-refractivity contribution in [2.75, 3.05) is 31.9 Å². The van der Waals surface area contributed by atoms with Crippen molar-refractivity contribution in [2.24, 2.45) is 0 Å². The molecule has 0 bridgehead atoms. The number of benzene rings is 1. The van der Waals surface area contributed by atoms with Crippen molar-refractivity contribution in [2.45, 2.75) is 24.9 Å². The van der Waals surface area contributed by atoms with Gasteiger partial charge in [-0.15, -0.1) is 0 Å². The maximum atomic E-state index is 13.0. The summed E-state index contributed by atoms with van der Waals surface area (Å²) in [5, 5.41) is 2.64. The normalized spacial score (nSPS) is 27.2. The van der Waals surface area contributed by atoms with Crippen molar-refractivity contribution < 1.29 is 32.3 Å². The molecule has 2 fully saturated rings. The van der Waals surface area contributed by atoms with Crippen LogP contribution in [-0.2, 0) is 25.0 Å². The average Bonchev–Trinajstić information content (AvgIpc) is 3.34. The van der Waals surface area contributed by atoms with E-state index < -0.39 is 45.8 Å². The number of nitrogens with one attached hydrogen (secondary N) is 1. The van der Waals surface area contributed by atoms with Crippen LogP contribution in [0.25, 0.3) is 0 Å². The second-order valence-electron chi connectivity index (χ2n) is 7.58. The summed E-state index contributed by atoms with van der Waals surface area (Å²) in [5.41, 5.74) is -0.849. The van der Waals surface area contributed by atoms with Gasteiger partial charge in [0.2, 0.25) is 12.7 Å². The van der Waals surface area contributed by atoms with E-state index in [1.165, 1.54) is 11.9 Å². The van der Waals surface area contributed by atoms with Crippen molar-refractivity contribution in [1.82, 2.24) is 15.1 Å². The number of sulfone groups is 1. The molecule has 0 spiro atoms. The van der Waals surface area contributed by atoms with E-state index in [4.69, 9.17) is 9.47 Å². The third-order valence-corrected chi connectivity index (χ3v) is 7.42. The van der Waals surface area contributed by atoms with Gasteiger partial charge in [0.25, 0.3) is 5.91 Å². The third-order valence-electron chi connectivity index (χ3n) is 5.67. The Morgan fingerprint density at radius 1 is 1.31 bits per heavy atom. The molecular formula is C18H21N3O7S. The molecule has 0 saturated carbocycles. The van der Waals surface area contributed by atoms with Gasteiger partial charge in [0.05, 0.1) is 11.5 Å². The lowest BCUT2D eigenvalue weighted by Gasteiger charge is -2.26. The van der Waals surface area contributed by atoms with Crippen LogP contribution in [0.3, 0.4) is 0 Å². The highest BCUT2D eigenvalue weighted by molar-refractivity contribution is 7.91. The zero-order valence-corrected chi connectivity index (χ0v) is 16.8. The second kappa shape index (κ2) is 6.61. The molecule has 3 aliphatic heterocycles. The number of rotatable bonds is 4. The summed E-state index contributed by atoms with van der Waals surface area (Å²) in [7, 11) is -1.67. The molecule has 2 atom stereocenters. The summed E-state index contributed by atoms with van der Waals surface area (Å²) in [6.45, 7) is 1.18. The zero-order valence-electron chi connectivity index (χ0n) is 16.0. The molecule has 0 radical (unpaired) electrons. The van der Waals surface area contributed by atoms with Crippen LogP contribution < -0.4 is 14.8 Å². The van der Waals surface area contributed by atoms with Gasteiger partial charge in [0.15, 0.2) is 21.3 Å². The topological polar surface area (TPSA) is 122 Å². The Bertz CT molecular complexity index is 1010. The first-order valence-corrected chi connectivity index (χ1v) is 10.9. The smallest absolute Gasteiger partial charge is 0.325 e. The van der Waals surface area contributed by atoms with Crippen LogP contribution in [0.5, 0.6) is 11.5 Å². The average molecular weight is 423 g/mol. The number of likely N-dealkylation sites (N-methyl/N-ethyl adjacent to an activating group) is 1. The summed E-state index contributed by atoms with van der Waals surface area (Å²) in [6.07, 6.45) is 0.347. The SMILES string of the molecule is CN(C(=O)CN1C(=O)N[C@](C)(c2ccc3c(c2)OCO3)C1=O)[C@H]1CCS(=O)(=O)C1. The fourth-order valence-corrected chi connectivity index (χ4v) is 5.55. The molecule has 29 heavy (non-hydrogen) atoms. The Morgan fingerprint density at radius 2 is 2.03 bits per heavy atom. The van der Waals surface area contributed by atoms with E-state index in [-0.39, 0.29) is 18.3 Å². The largest absolute Gasteiger partial charge is 0.454 e. The summed E-state index contributed by atoms with van der Waals surface area (Å²) >= 11 is 0. The lowest BCUT2D eigenvalue weighted by molar-refractivity contribution is -0.139. The summed E-state index contributed by atoms with van der Waals surface area (Å²) in [5.74, 6) is -0.116. The Kier molecular flexibility index (Phi) is 4.45. The molecule has 4 amide bonds. The number of ether oxygens (including phenoxy) is 2. The van der Waals surface area contributed by atoms with Crippen LogP contribution in [0.15, 0.2) is 18.2 Å². The second-order valence-corrected chi connectivity index (χ2v) is 9.80. The maximum absolute atomic E-state index is 13.0. The van der Waals surface area contributed by atoms with Gasteiger partial charge in [0.1, 0.15) is 12.1 Å². The standard InChI is InChI=1S/C18H21N3O7S/c1-18(11-3-4-13-14(7-11)28-10-27-13)16(23)21(17(24)19-18)8-15(22)20(2)12-5-6-29(25,26)9-12/h3-4,7,12H,5-6,8-10H2,1-2H3,(H,19,24)/t12-,18+/m0/s1. The molecule has 0 aromatic heterocycles. The monoisotopic (exact) mass is 423 g/mol. The molecular weight excluding hydrogens is 402 g/mol. The predicted octanol–water partition coefficient (Wildman–Crippen LogP) is -0.172. The van der Waals surface area contributed by atoms with Gasteiger partial charge in [-0.1, -0.05) is 6.07 Å². The Hall–Kier alpha value is -2.82. The lowest BCUT2D eigenvalue weighted by Crippen LogP contribution is -2.46. The zero-order chi connectivity index (χ0) is 21.0. The number of amides is 4. The number of urea groups is 1. The molecule has 1 aromatic carbocycles. The van der Waals surface area contributed by atoms with Crippen LogP contribution in [-0.4, -0.2) is 74.0 Å². The van der Waals surface area contributed by atoms with Gasteiger partial charge >= 0.3 is 6.03 Å². The van der Waals surface area contributed by atoms with Gasteiger partial charge < -0.3 is 19.7 Å². The van der Waals surface area contributed by atoms with E-state index in [1.807, 2.05) is 0 Å². The number of imide groups is 1. The molecule has 1 aromatic rings. The molecule has 2 saturated heterocycles. The number of carbonyl (C=O) groups excluding carboxylic acids is 3. The molecule has 0 aliphatic carbocycles. The molecule has 0 unspecified atom stereocenters. The van der Waals surface area contributed by atoms with Crippen LogP contribution in [0.4, 0.5) is 4.79 Å². The fraction of sp³-hybridized carbons (Fsp3) is 0.500. The van der Waals surface area contributed by atoms with E-state index in [0.717, 1.165) is 4.90 Å². The molecule has 11 heteroatoms. The fourth-order valence-electron chi connectivity index (χ4n) is 3.78. The van der Waals surface area contributed by atoms with Gasteiger partial charge in [-0.25, -0.2) is 13.2 Å². The Labute approximate surface area is 167 Å². The van der Waals surface area contributed by atoms with Gasteiger partial charge in [-0.2, -0.15) is 0 Å². The quantitative estimate of drug-likeness (QED) is 0.667. The van der Waals surface area contributed by atoms with E-state index in [0.29, 0.717) is 23.5 Å². The minimum atomic E-state index is -3.16. The summed E-state index contributed by atoms with van der Waals surface area (Å²) < 4.78 is 33.9. The number of hydrogen-bond acceptors (Lipinski definition) is 7. The van der Waals surface area contributed by atoms with E-state index >= 15 is 0 Å². The molecule has 3 heterocycles. The highest BCUT2D eigenvalue weighted by Crippen LogP contribution is 2.37. The van der Waals surface area contributed by atoms with Gasteiger partial charge in [-0.05, 0) is 31.0 Å². The number of carbonyl (C=O) groups is 3. The Morgan fingerprint density at radius 3 is 2.72 bits per heavy atom. The van der Waals surface area contributed by atoms with Crippen LogP contribution >= 0.6 is 0 Å². The maximum Gasteiger partial charge on any atom is 0.325 e. The molecule has 156 valence electrons. The molecule has 1 N–H and O–H groups in total. The van der Waals surface area contributed by atoms with Crippen molar-refractivity contribution in [3.05, 3.63) is 23.8 Å². The minimum Gasteiger partial charge on any atom is -0.454 e. The first-order chi connectivity index (χ1) is 13.6. The highest BCUT2D eigenvalue weighted by Gasteiger charge is 2.50. The Balaban J connectivity index is 1.50. The van der Waals surface area contributed by atoms with Crippen LogP contribution in [0.2, 0.25) is 0 Å². The number of nitrogens with zero attached hydrogens (tertiary/aromatic N) is 2. The minimum absolute atomic E-state index is 0.0284. The van der Waals surface area contributed by atoms with Crippen LogP contribution in [0.1, 0.15) is 18.9 Å². The van der Waals surface area contributed by atoms with Gasteiger partial charge in [-0.3, -0.25) is 14.5 Å². The summed E-state index contributed by atoms with van der Waals surface area (Å²) in [4.78, 5) is 40.3. The predicted molar refractivity (Wildman–Crippen MR) is 100.0 cm³/mol. The highest BCUT2D eigenvalue weighted by atomic mass is 32.2. The first-order valence-electron chi connectivity index (χ1n) is 9.11. The van der Waals surface area contributed by atoms with E-state index in [9.17, 15) is 22.8 Å². The molecule has 3 aliphatic rings. The summed E-state index contributed by atoms with van der Waals surface area (Å²) in [6, 6.07) is 3.81. The van der Waals surface area contributed by atoms with Crippen molar-refractivity contribution in [1.29, 1.82) is 0 Å². The lowest BCUT2D eigenvalue weighted by atomic mass is 9.91. The van der Waals surface area contributed by atoms with Crippen LogP contribution in [0, 0.1) is 0 Å². The van der Waals surface area contributed by atoms with Crippen molar-refractivity contribution in [3.63, 3.8) is 0 Å². The number of hydrogen-bond donors (Lipinski definition) is 1. The van der Waals surface area contributed by atoms with Crippen molar-refractivity contribution >= 4 is 27.7 Å². The van der Waals surface area contributed by atoms with E-state index in [2.05, 4.69) is 5.32 Å². The van der Waals surface area contributed by atoms with E-state index in [1.54, 1.807) is 25.1 Å². The first kappa shape index (κ1) is 19.5. The third kappa shape index (κ3) is 3.28. The van der Waals surface area contributed by atoms with Crippen molar-refractivity contribution in [3.8, 4) is 11.5 Å².